The summed E-state index contributed by atoms with van der Waals surface area (Å²) in [5, 5.41) is 8.71. The summed E-state index contributed by atoms with van der Waals surface area (Å²) in [6.45, 7) is 4.41. The predicted molar refractivity (Wildman–Crippen MR) is 190 cm³/mol. The van der Waals surface area contributed by atoms with Gasteiger partial charge in [0.15, 0.2) is 0 Å². The molecule has 0 radical (unpaired) electrons. The van der Waals surface area contributed by atoms with E-state index in [-0.39, 0.29) is 12.1 Å². The van der Waals surface area contributed by atoms with Gasteiger partial charge < -0.3 is 9.84 Å². The molecule has 0 aliphatic rings. The number of hydrogen-bond donors (Lipinski definition) is 1. The van der Waals surface area contributed by atoms with Crippen molar-refractivity contribution in [1.29, 1.82) is 0 Å². The van der Waals surface area contributed by atoms with E-state index in [4.69, 9.17) is 9.84 Å². The van der Waals surface area contributed by atoms with E-state index < -0.39 is 5.97 Å². The van der Waals surface area contributed by atoms with Crippen molar-refractivity contribution < 1.29 is 19.4 Å². The van der Waals surface area contributed by atoms with E-state index in [1.54, 1.807) is 0 Å². The third-order valence-corrected chi connectivity index (χ3v) is 8.38. The van der Waals surface area contributed by atoms with Gasteiger partial charge in [-0.3, -0.25) is 9.59 Å². The van der Waals surface area contributed by atoms with Crippen LogP contribution in [0.3, 0.4) is 0 Å². The third kappa shape index (κ3) is 34.6. The van der Waals surface area contributed by atoms with Gasteiger partial charge in [-0.2, -0.15) is 0 Å². The van der Waals surface area contributed by atoms with Gasteiger partial charge in [0.25, 0.3) is 0 Å². The number of rotatable bonds is 34. The maximum atomic E-state index is 12.6. The molecule has 0 aliphatic carbocycles. The lowest BCUT2D eigenvalue weighted by molar-refractivity contribution is -0.150. The molecule has 0 spiro atoms. The van der Waals surface area contributed by atoms with E-state index in [1.165, 1.54) is 103 Å². The molecule has 44 heavy (non-hydrogen) atoms. The lowest BCUT2D eigenvalue weighted by Crippen LogP contribution is -2.18. The average Bonchev–Trinajstić information content (AvgIpc) is 3.00. The number of hydrogen-bond acceptors (Lipinski definition) is 3. The first-order valence-electron chi connectivity index (χ1n) is 19.0. The first-order valence-corrected chi connectivity index (χ1v) is 19.0. The Balaban J connectivity index is 3.89. The van der Waals surface area contributed by atoms with Gasteiger partial charge in [-0.1, -0.05) is 153 Å². The molecule has 0 aromatic carbocycles. The second-order valence-electron chi connectivity index (χ2n) is 12.7. The van der Waals surface area contributed by atoms with Crippen LogP contribution < -0.4 is 0 Å². The SMILES string of the molecule is CC/C=C\C/C=C\C/C=C\CCCCCCCCCC(=O)OC(CCCCCCC)CCCCCCCCCCCC(=O)O. The normalized spacial score (nSPS) is 12.6. The first kappa shape index (κ1) is 42.2. The molecule has 256 valence electrons. The van der Waals surface area contributed by atoms with Crippen molar-refractivity contribution in [3.05, 3.63) is 36.5 Å². The summed E-state index contributed by atoms with van der Waals surface area (Å²) in [7, 11) is 0. The fourth-order valence-corrected chi connectivity index (χ4v) is 5.61. The van der Waals surface area contributed by atoms with Crippen LogP contribution in [-0.4, -0.2) is 23.1 Å². The van der Waals surface area contributed by atoms with Crippen LogP contribution in [0.1, 0.15) is 200 Å². The molecule has 4 heteroatoms. The number of carbonyl (C=O) groups is 2. The van der Waals surface area contributed by atoms with Gasteiger partial charge in [0, 0.05) is 12.8 Å². The van der Waals surface area contributed by atoms with Gasteiger partial charge in [0.05, 0.1) is 0 Å². The molecular weight excluding hydrogens is 544 g/mol. The second kappa shape index (κ2) is 35.6. The van der Waals surface area contributed by atoms with E-state index in [0.717, 1.165) is 70.6 Å². The summed E-state index contributed by atoms with van der Waals surface area (Å²) in [6, 6.07) is 0. The van der Waals surface area contributed by atoms with E-state index in [2.05, 4.69) is 50.3 Å². The molecule has 0 saturated carbocycles. The molecule has 4 nitrogen and oxygen atoms in total. The Labute approximate surface area is 273 Å². The summed E-state index contributed by atoms with van der Waals surface area (Å²) in [5.74, 6) is -0.660. The monoisotopic (exact) mass is 617 g/mol. The van der Waals surface area contributed by atoms with Gasteiger partial charge in [-0.05, 0) is 70.6 Å². The summed E-state index contributed by atoms with van der Waals surface area (Å²) in [6.07, 6.45) is 46.0. The topological polar surface area (TPSA) is 63.6 Å². The van der Waals surface area contributed by atoms with Crippen LogP contribution in [0.15, 0.2) is 36.5 Å². The maximum Gasteiger partial charge on any atom is 0.306 e. The molecule has 0 aliphatic heterocycles. The van der Waals surface area contributed by atoms with Crippen molar-refractivity contribution in [2.45, 2.75) is 206 Å². The lowest BCUT2D eigenvalue weighted by atomic mass is 10.0. The van der Waals surface area contributed by atoms with Crippen molar-refractivity contribution >= 4 is 11.9 Å². The number of carboxylic acid groups (broad SMARTS) is 1. The highest BCUT2D eigenvalue weighted by Gasteiger charge is 2.14. The number of esters is 1. The van der Waals surface area contributed by atoms with Gasteiger partial charge in [0.1, 0.15) is 6.10 Å². The Morgan fingerprint density at radius 1 is 0.523 bits per heavy atom. The van der Waals surface area contributed by atoms with Crippen LogP contribution >= 0.6 is 0 Å². The van der Waals surface area contributed by atoms with Gasteiger partial charge in [-0.15, -0.1) is 0 Å². The molecule has 1 atom stereocenters. The fraction of sp³-hybridized carbons (Fsp3) is 0.800. The summed E-state index contributed by atoms with van der Waals surface area (Å²) in [4.78, 5) is 23.2. The third-order valence-electron chi connectivity index (χ3n) is 8.38. The Hall–Kier alpha value is -1.84. The number of ether oxygens (including phenoxy) is 1. The lowest BCUT2D eigenvalue weighted by Gasteiger charge is -2.18. The number of allylic oxidation sites excluding steroid dienone is 6. The molecule has 0 fully saturated rings. The summed E-state index contributed by atoms with van der Waals surface area (Å²) < 4.78 is 5.99. The molecule has 0 bridgehead atoms. The number of aliphatic carboxylic acids is 1. The van der Waals surface area contributed by atoms with Gasteiger partial charge in [0.2, 0.25) is 0 Å². The van der Waals surface area contributed by atoms with Gasteiger partial charge in [-0.25, -0.2) is 0 Å². The standard InChI is InChI=1S/C40H72O4/c1-3-5-7-9-10-11-12-13-14-15-16-17-18-22-25-29-33-37-40(43)44-38(34-30-26-8-6-4-2)35-31-27-23-20-19-21-24-28-32-36-39(41)42/h5,7,10-11,13-14,38H,3-4,6,8-9,12,15-37H2,1-2H3,(H,41,42)/b7-5-,11-10-,14-13-. The van der Waals surface area contributed by atoms with E-state index in [1.807, 2.05) is 0 Å². The average molecular weight is 617 g/mol. The van der Waals surface area contributed by atoms with Crippen LogP contribution in [0.2, 0.25) is 0 Å². The van der Waals surface area contributed by atoms with Crippen molar-refractivity contribution in [2.24, 2.45) is 0 Å². The van der Waals surface area contributed by atoms with Crippen LogP contribution in [0.25, 0.3) is 0 Å². The second-order valence-corrected chi connectivity index (χ2v) is 12.7. The highest BCUT2D eigenvalue weighted by molar-refractivity contribution is 5.69. The van der Waals surface area contributed by atoms with Crippen molar-refractivity contribution in [3.8, 4) is 0 Å². The highest BCUT2D eigenvalue weighted by atomic mass is 16.5. The molecule has 1 N–H and O–H groups in total. The molecule has 0 aromatic rings. The molecular formula is C40H72O4. The largest absolute Gasteiger partial charge is 0.481 e. The Morgan fingerprint density at radius 3 is 1.48 bits per heavy atom. The maximum absolute atomic E-state index is 12.6. The Kier molecular flexibility index (Phi) is 34.1. The van der Waals surface area contributed by atoms with E-state index in [9.17, 15) is 9.59 Å². The number of unbranched alkanes of at least 4 members (excludes halogenated alkanes) is 19. The number of carbonyl (C=O) groups excluding carboxylic acids is 1. The van der Waals surface area contributed by atoms with Crippen LogP contribution in [0, 0.1) is 0 Å². The zero-order valence-electron chi connectivity index (χ0n) is 29.2. The minimum atomic E-state index is -0.679. The zero-order valence-corrected chi connectivity index (χ0v) is 29.2. The smallest absolute Gasteiger partial charge is 0.306 e. The van der Waals surface area contributed by atoms with Gasteiger partial charge >= 0.3 is 11.9 Å². The number of carboxylic acids is 1. The van der Waals surface area contributed by atoms with Crippen LogP contribution in [0.5, 0.6) is 0 Å². The highest BCUT2D eigenvalue weighted by Crippen LogP contribution is 2.19. The minimum absolute atomic E-state index is 0.0190. The predicted octanol–water partition coefficient (Wildman–Crippen LogP) is 13.0. The molecule has 0 rings (SSSR count). The van der Waals surface area contributed by atoms with Crippen LogP contribution in [0.4, 0.5) is 0 Å². The molecule has 0 heterocycles. The first-order chi connectivity index (χ1) is 21.6. The Bertz CT molecular complexity index is 708. The van der Waals surface area contributed by atoms with E-state index in [0.29, 0.717) is 12.8 Å². The fourth-order valence-electron chi connectivity index (χ4n) is 5.61. The van der Waals surface area contributed by atoms with Crippen molar-refractivity contribution in [3.63, 3.8) is 0 Å². The van der Waals surface area contributed by atoms with Crippen molar-refractivity contribution in [2.75, 3.05) is 0 Å². The molecule has 0 aromatic heterocycles. The van der Waals surface area contributed by atoms with E-state index >= 15 is 0 Å². The van der Waals surface area contributed by atoms with Crippen LogP contribution in [-0.2, 0) is 14.3 Å². The van der Waals surface area contributed by atoms with Crippen molar-refractivity contribution in [1.82, 2.24) is 0 Å². The quantitative estimate of drug-likeness (QED) is 0.0444. The Morgan fingerprint density at radius 2 is 0.955 bits per heavy atom. The summed E-state index contributed by atoms with van der Waals surface area (Å²) >= 11 is 0. The molecule has 0 saturated heterocycles. The molecule has 0 amide bonds. The zero-order chi connectivity index (χ0) is 32.2. The molecule has 1 unspecified atom stereocenters. The summed E-state index contributed by atoms with van der Waals surface area (Å²) in [5.41, 5.74) is 0. The minimum Gasteiger partial charge on any atom is -0.481 e.